The summed E-state index contributed by atoms with van der Waals surface area (Å²) in [5.41, 5.74) is 0. The number of thiophene rings is 3. The van der Waals surface area contributed by atoms with Gasteiger partial charge in [0.25, 0.3) is 0 Å². The van der Waals surface area contributed by atoms with E-state index in [-0.39, 0.29) is 18.9 Å². The van der Waals surface area contributed by atoms with Crippen molar-refractivity contribution in [3.63, 3.8) is 0 Å². The van der Waals surface area contributed by atoms with Crippen LogP contribution in [0.15, 0.2) is 56.7 Å². The average Bonchev–Trinajstić information content (AvgIpc) is 3.30. The second-order valence-electron chi connectivity index (χ2n) is 5.04. The lowest BCUT2D eigenvalue weighted by atomic mass is 10.3. The molecule has 1 atom stereocenters. The Kier molecular flexibility index (Phi) is 5.50. The fraction of sp³-hybridized carbons (Fsp3) is 0.188. The molecule has 3 heterocycles. The summed E-state index contributed by atoms with van der Waals surface area (Å²) in [7, 11) is -3.52. The molecule has 0 aliphatic heterocycles. The summed E-state index contributed by atoms with van der Waals surface area (Å²) < 4.78 is 26.1. The summed E-state index contributed by atoms with van der Waals surface area (Å²) in [6.45, 7) is 0.0744. The SMILES string of the molecule is O=C(Cc1cccs1)NCC(c1cccs1)S(=O)(=O)c1cccs1. The summed E-state index contributed by atoms with van der Waals surface area (Å²) in [4.78, 5) is 13.8. The van der Waals surface area contributed by atoms with Gasteiger partial charge in [-0.2, -0.15) is 0 Å². The molecule has 0 saturated carbocycles. The van der Waals surface area contributed by atoms with Crippen LogP contribution in [-0.4, -0.2) is 20.9 Å². The molecule has 0 bridgehead atoms. The van der Waals surface area contributed by atoms with E-state index in [0.717, 1.165) is 9.75 Å². The van der Waals surface area contributed by atoms with Crippen molar-refractivity contribution < 1.29 is 13.2 Å². The van der Waals surface area contributed by atoms with Gasteiger partial charge in [0.05, 0.1) is 6.42 Å². The van der Waals surface area contributed by atoms with E-state index in [1.807, 2.05) is 29.0 Å². The van der Waals surface area contributed by atoms with Gasteiger partial charge in [-0.15, -0.1) is 34.0 Å². The van der Waals surface area contributed by atoms with Crippen LogP contribution < -0.4 is 5.32 Å². The van der Waals surface area contributed by atoms with Crippen molar-refractivity contribution in [3.8, 4) is 0 Å². The second-order valence-corrected chi connectivity index (χ2v) is 10.4. The van der Waals surface area contributed by atoms with Crippen LogP contribution >= 0.6 is 34.0 Å². The van der Waals surface area contributed by atoms with Gasteiger partial charge in [-0.3, -0.25) is 4.79 Å². The first-order chi connectivity index (χ1) is 11.6. The minimum absolute atomic E-state index is 0.0744. The molecule has 3 aromatic rings. The lowest BCUT2D eigenvalue weighted by molar-refractivity contribution is -0.120. The molecular formula is C16H15NO3S4. The molecular weight excluding hydrogens is 382 g/mol. The first kappa shape index (κ1) is 17.3. The molecule has 1 N–H and O–H groups in total. The lowest BCUT2D eigenvalue weighted by Gasteiger charge is -2.16. The smallest absolute Gasteiger partial charge is 0.225 e. The van der Waals surface area contributed by atoms with E-state index in [9.17, 15) is 13.2 Å². The number of nitrogens with one attached hydrogen (secondary N) is 1. The van der Waals surface area contributed by atoms with Crippen molar-refractivity contribution in [2.45, 2.75) is 15.9 Å². The fourth-order valence-corrected chi connectivity index (χ4v) is 6.94. The summed E-state index contributed by atoms with van der Waals surface area (Å²) in [5.74, 6) is -0.166. The van der Waals surface area contributed by atoms with Crippen LogP contribution in [0.25, 0.3) is 0 Å². The van der Waals surface area contributed by atoms with Crippen molar-refractivity contribution in [3.05, 3.63) is 62.3 Å². The van der Waals surface area contributed by atoms with Gasteiger partial charge in [0.2, 0.25) is 5.91 Å². The first-order valence-electron chi connectivity index (χ1n) is 7.17. The van der Waals surface area contributed by atoms with Gasteiger partial charge in [0.15, 0.2) is 9.84 Å². The monoisotopic (exact) mass is 397 g/mol. The third-order valence-corrected chi connectivity index (χ3v) is 8.94. The number of sulfone groups is 1. The van der Waals surface area contributed by atoms with Crippen LogP contribution in [0.4, 0.5) is 0 Å². The van der Waals surface area contributed by atoms with Gasteiger partial charge in [-0.1, -0.05) is 18.2 Å². The Morgan fingerprint density at radius 1 is 1.00 bits per heavy atom. The standard InChI is InChI=1S/C16H15NO3S4/c18-15(10-12-4-1-7-21-12)17-11-14(13-5-2-8-22-13)24(19,20)16-6-3-9-23-16/h1-9,14H,10-11H2,(H,17,18). The molecule has 0 aliphatic rings. The third-order valence-electron chi connectivity index (χ3n) is 3.41. The summed E-state index contributed by atoms with van der Waals surface area (Å²) in [6.07, 6.45) is 0.272. The van der Waals surface area contributed by atoms with Crippen molar-refractivity contribution >= 4 is 49.8 Å². The Morgan fingerprint density at radius 2 is 1.71 bits per heavy atom. The molecule has 126 valence electrons. The highest BCUT2D eigenvalue weighted by atomic mass is 32.2. The maximum absolute atomic E-state index is 12.9. The largest absolute Gasteiger partial charge is 0.354 e. The molecule has 0 spiro atoms. The molecule has 3 rings (SSSR count). The Hall–Kier alpha value is -1.48. The number of amides is 1. The molecule has 24 heavy (non-hydrogen) atoms. The number of carbonyl (C=O) groups excluding carboxylic acids is 1. The molecule has 0 radical (unpaired) electrons. The van der Waals surface area contributed by atoms with Crippen LogP contribution in [0.1, 0.15) is 15.0 Å². The fourth-order valence-electron chi connectivity index (χ4n) is 2.24. The lowest BCUT2D eigenvalue weighted by Crippen LogP contribution is -2.32. The van der Waals surface area contributed by atoms with E-state index in [0.29, 0.717) is 4.21 Å². The van der Waals surface area contributed by atoms with E-state index in [1.54, 1.807) is 23.6 Å². The zero-order valence-electron chi connectivity index (χ0n) is 12.5. The van der Waals surface area contributed by atoms with E-state index in [4.69, 9.17) is 0 Å². The van der Waals surface area contributed by atoms with Crippen LogP contribution in [0.5, 0.6) is 0 Å². The predicted molar refractivity (Wildman–Crippen MR) is 99.6 cm³/mol. The van der Waals surface area contributed by atoms with Gasteiger partial charge in [-0.25, -0.2) is 8.42 Å². The summed E-state index contributed by atoms with van der Waals surface area (Å²) >= 11 is 4.10. The molecule has 1 unspecified atom stereocenters. The molecule has 0 saturated heterocycles. The highest BCUT2D eigenvalue weighted by molar-refractivity contribution is 7.93. The minimum Gasteiger partial charge on any atom is -0.354 e. The predicted octanol–water partition coefficient (Wildman–Crippen LogP) is 3.75. The van der Waals surface area contributed by atoms with Crippen LogP contribution in [0.2, 0.25) is 0 Å². The number of hydrogen-bond acceptors (Lipinski definition) is 6. The quantitative estimate of drug-likeness (QED) is 0.660. The second kappa shape index (κ2) is 7.60. The first-order valence-corrected chi connectivity index (χ1v) is 11.4. The zero-order chi connectivity index (χ0) is 17.0. The van der Waals surface area contributed by atoms with Crippen LogP contribution in [0, 0.1) is 0 Å². The maximum atomic E-state index is 12.9. The highest BCUT2D eigenvalue weighted by Crippen LogP contribution is 2.33. The molecule has 8 heteroatoms. The van der Waals surface area contributed by atoms with Gasteiger partial charge in [0, 0.05) is 16.3 Å². The minimum atomic E-state index is -3.52. The topological polar surface area (TPSA) is 63.2 Å². The summed E-state index contributed by atoms with van der Waals surface area (Å²) in [6, 6.07) is 10.7. The molecule has 3 aromatic heterocycles. The van der Waals surface area contributed by atoms with E-state index in [1.165, 1.54) is 34.0 Å². The van der Waals surface area contributed by atoms with Gasteiger partial charge in [0.1, 0.15) is 9.46 Å². The maximum Gasteiger partial charge on any atom is 0.225 e. The normalized spacial score (nSPS) is 12.8. The van der Waals surface area contributed by atoms with Gasteiger partial charge < -0.3 is 5.32 Å². The van der Waals surface area contributed by atoms with E-state index >= 15 is 0 Å². The van der Waals surface area contributed by atoms with Gasteiger partial charge >= 0.3 is 0 Å². The molecule has 4 nitrogen and oxygen atoms in total. The number of rotatable bonds is 7. The van der Waals surface area contributed by atoms with Gasteiger partial charge in [-0.05, 0) is 34.3 Å². The molecule has 1 amide bonds. The van der Waals surface area contributed by atoms with Crippen molar-refractivity contribution in [1.29, 1.82) is 0 Å². The molecule has 0 aliphatic carbocycles. The summed E-state index contributed by atoms with van der Waals surface area (Å²) in [5, 5.41) is 7.52. The molecule has 0 aromatic carbocycles. The number of carbonyl (C=O) groups is 1. The van der Waals surface area contributed by atoms with E-state index < -0.39 is 15.1 Å². The highest BCUT2D eigenvalue weighted by Gasteiger charge is 2.31. The molecule has 0 fully saturated rings. The van der Waals surface area contributed by atoms with Crippen molar-refractivity contribution in [2.75, 3.05) is 6.54 Å². The average molecular weight is 398 g/mol. The van der Waals surface area contributed by atoms with Crippen molar-refractivity contribution in [2.24, 2.45) is 0 Å². The van der Waals surface area contributed by atoms with Crippen LogP contribution in [-0.2, 0) is 21.1 Å². The zero-order valence-corrected chi connectivity index (χ0v) is 15.8. The number of hydrogen-bond donors (Lipinski definition) is 1. The Bertz CT molecular complexity index is 866. The Morgan fingerprint density at radius 3 is 2.33 bits per heavy atom. The Balaban J connectivity index is 1.75. The Labute approximate surface area is 152 Å². The third kappa shape index (κ3) is 3.94. The van der Waals surface area contributed by atoms with Crippen molar-refractivity contribution in [1.82, 2.24) is 5.32 Å². The van der Waals surface area contributed by atoms with Crippen LogP contribution in [0.3, 0.4) is 0 Å². The van der Waals surface area contributed by atoms with E-state index in [2.05, 4.69) is 5.32 Å².